The zero-order valence-electron chi connectivity index (χ0n) is 13.1. The molecule has 2 aromatic carbocycles. The lowest BCUT2D eigenvalue weighted by atomic mass is 10.0. The Morgan fingerprint density at radius 2 is 1.52 bits per heavy atom. The topological polar surface area (TPSA) is 36.4 Å². The molecular weight excluding hydrogens is 284 g/mol. The second-order valence-electron chi connectivity index (χ2n) is 6.17. The van der Waals surface area contributed by atoms with E-state index in [2.05, 4.69) is 35.2 Å². The minimum absolute atomic E-state index is 0.294. The number of anilines is 1. The molecule has 1 fully saturated rings. The third-order valence-electron chi connectivity index (χ3n) is 4.56. The van der Waals surface area contributed by atoms with E-state index in [1.165, 1.54) is 19.3 Å². The SMILES string of the molecule is Oc1ccc(-c2ccc3nc(N4CCCCC4)ccc3c2)cc1. The first-order valence-corrected chi connectivity index (χ1v) is 8.25. The highest BCUT2D eigenvalue weighted by Gasteiger charge is 2.12. The number of hydrogen-bond acceptors (Lipinski definition) is 3. The molecule has 0 unspecified atom stereocenters. The molecule has 1 aromatic heterocycles. The number of rotatable bonds is 2. The molecule has 0 atom stereocenters. The summed E-state index contributed by atoms with van der Waals surface area (Å²) in [5.74, 6) is 1.39. The van der Waals surface area contributed by atoms with E-state index in [9.17, 15) is 5.11 Å². The van der Waals surface area contributed by atoms with Crippen molar-refractivity contribution in [3.8, 4) is 16.9 Å². The smallest absolute Gasteiger partial charge is 0.129 e. The van der Waals surface area contributed by atoms with Crippen molar-refractivity contribution in [3.05, 3.63) is 54.6 Å². The van der Waals surface area contributed by atoms with Crippen molar-refractivity contribution in [1.82, 2.24) is 4.98 Å². The molecule has 0 bridgehead atoms. The van der Waals surface area contributed by atoms with Gasteiger partial charge in [-0.05, 0) is 66.8 Å². The molecular formula is C20H20N2O. The van der Waals surface area contributed by atoms with E-state index < -0.39 is 0 Å². The Kier molecular flexibility index (Phi) is 3.62. The van der Waals surface area contributed by atoms with Gasteiger partial charge in [-0.15, -0.1) is 0 Å². The molecule has 116 valence electrons. The summed E-state index contributed by atoms with van der Waals surface area (Å²) < 4.78 is 0. The molecule has 0 spiro atoms. The number of phenolic OH excluding ortho intramolecular Hbond substituents is 1. The van der Waals surface area contributed by atoms with Crippen LogP contribution in [0.4, 0.5) is 5.82 Å². The predicted octanol–water partition coefficient (Wildman–Crippen LogP) is 4.60. The van der Waals surface area contributed by atoms with Gasteiger partial charge in [-0.2, -0.15) is 0 Å². The number of pyridine rings is 1. The first-order chi connectivity index (χ1) is 11.3. The summed E-state index contributed by atoms with van der Waals surface area (Å²) in [6.45, 7) is 2.23. The fourth-order valence-corrected chi connectivity index (χ4v) is 3.25. The molecule has 3 nitrogen and oxygen atoms in total. The second-order valence-corrected chi connectivity index (χ2v) is 6.17. The first-order valence-electron chi connectivity index (χ1n) is 8.25. The van der Waals surface area contributed by atoms with E-state index in [-0.39, 0.29) is 0 Å². The minimum atomic E-state index is 0.294. The molecule has 3 heteroatoms. The normalized spacial score (nSPS) is 15.0. The molecule has 0 saturated carbocycles. The zero-order chi connectivity index (χ0) is 15.6. The van der Waals surface area contributed by atoms with Crippen molar-refractivity contribution in [2.24, 2.45) is 0 Å². The molecule has 0 amide bonds. The standard InChI is InChI=1S/C20H20N2O/c23-18-8-4-15(5-9-18)16-6-10-19-17(14-16)7-11-20(21-19)22-12-2-1-3-13-22/h4-11,14,23H,1-3,12-13H2. The lowest BCUT2D eigenvalue weighted by Crippen LogP contribution is -2.30. The van der Waals surface area contributed by atoms with Gasteiger partial charge < -0.3 is 10.0 Å². The number of nitrogens with zero attached hydrogens (tertiary/aromatic N) is 2. The van der Waals surface area contributed by atoms with Gasteiger partial charge in [0, 0.05) is 18.5 Å². The van der Waals surface area contributed by atoms with Crippen molar-refractivity contribution in [2.75, 3.05) is 18.0 Å². The Bertz CT molecular complexity index is 821. The number of aromatic nitrogens is 1. The monoisotopic (exact) mass is 304 g/mol. The number of hydrogen-bond donors (Lipinski definition) is 1. The average Bonchev–Trinajstić information content (AvgIpc) is 2.62. The van der Waals surface area contributed by atoms with E-state index in [0.717, 1.165) is 40.9 Å². The second kappa shape index (κ2) is 5.92. The maximum Gasteiger partial charge on any atom is 0.129 e. The maximum atomic E-state index is 9.42. The third-order valence-corrected chi connectivity index (χ3v) is 4.56. The van der Waals surface area contributed by atoms with Crippen LogP contribution < -0.4 is 4.90 Å². The summed E-state index contributed by atoms with van der Waals surface area (Å²) in [6, 6.07) is 18.0. The minimum Gasteiger partial charge on any atom is -0.508 e. The number of piperidine rings is 1. The van der Waals surface area contributed by atoms with Gasteiger partial charge in [0.25, 0.3) is 0 Å². The van der Waals surface area contributed by atoms with E-state index >= 15 is 0 Å². The highest BCUT2D eigenvalue weighted by Crippen LogP contribution is 2.27. The van der Waals surface area contributed by atoms with Crippen molar-refractivity contribution in [3.63, 3.8) is 0 Å². The molecule has 0 aliphatic carbocycles. The maximum absolute atomic E-state index is 9.42. The van der Waals surface area contributed by atoms with Crippen molar-refractivity contribution in [1.29, 1.82) is 0 Å². The Balaban J connectivity index is 1.68. The molecule has 3 aromatic rings. The van der Waals surface area contributed by atoms with Gasteiger partial charge in [-0.1, -0.05) is 18.2 Å². The summed E-state index contributed by atoms with van der Waals surface area (Å²) >= 11 is 0. The summed E-state index contributed by atoms with van der Waals surface area (Å²) in [6.07, 6.45) is 3.86. The van der Waals surface area contributed by atoms with Crippen LogP contribution in [0.2, 0.25) is 0 Å². The highest BCUT2D eigenvalue weighted by atomic mass is 16.3. The predicted molar refractivity (Wildman–Crippen MR) is 94.9 cm³/mol. The fourth-order valence-electron chi connectivity index (χ4n) is 3.25. The van der Waals surface area contributed by atoms with Crippen LogP contribution in [0.1, 0.15) is 19.3 Å². The molecule has 2 heterocycles. The van der Waals surface area contributed by atoms with Crippen LogP contribution in [0, 0.1) is 0 Å². The summed E-state index contributed by atoms with van der Waals surface area (Å²) in [5, 5.41) is 10.6. The number of benzene rings is 2. The first kappa shape index (κ1) is 14.1. The van der Waals surface area contributed by atoms with Crippen molar-refractivity contribution >= 4 is 16.7 Å². The van der Waals surface area contributed by atoms with Gasteiger partial charge in [0.1, 0.15) is 11.6 Å². The molecule has 1 N–H and O–H groups in total. The number of fused-ring (bicyclic) bond motifs is 1. The van der Waals surface area contributed by atoms with Crippen molar-refractivity contribution in [2.45, 2.75) is 19.3 Å². The van der Waals surface area contributed by atoms with Crippen LogP contribution in [0.5, 0.6) is 5.75 Å². The van der Waals surface area contributed by atoms with Crippen LogP contribution in [0.3, 0.4) is 0 Å². The van der Waals surface area contributed by atoms with Gasteiger partial charge in [-0.25, -0.2) is 4.98 Å². The van der Waals surface area contributed by atoms with E-state index in [1.54, 1.807) is 12.1 Å². The number of aromatic hydroxyl groups is 1. The lowest BCUT2D eigenvalue weighted by molar-refractivity contribution is 0.475. The van der Waals surface area contributed by atoms with Crippen LogP contribution in [-0.4, -0.2) is 23.2 Å². The van der Waals surface area contributed by atoms with Crippen LogP contribution in [-0.2, 0) is 0 Å². The summed E-state index contributed by atoms with van der Waals surface area (Å²) in [5.41, 5.74) is 3.28. The Morgan fingerprint density at radius 3 is 2.30 bits per heavy atom. The Morgan fingerprint density at radius 1 is 0.783 bits per heavy atom. The fraction of sp³-hybridized carbons (Fsp3) is 0.250. The van der Waals surface area contributed by atoms with Crippen LogP contribution in [0.25, 0.3) is 22.0 Å². The summed E-state index contributed by atoms with van der Waals surface area (Å²) in [4.78, 5) is 7.22. The van der Waals surface area contributed by atoms with Crippen molar-refractivity contribution < 1.29 is 5.11 Å². The quantitative estimate of drug-likeness (QED) is 0.752. The van der Waals surface area contributed by atoms with E-state index in [4.69, 9.17) is 4.98 Å². The van der Waals surface area contributed by atoms with Gasteiger partial charge in [-0.3, -0.25) is 0 Å². The molecule has 1 saturated heterocycles. The Labute approximate surface area is 136 Å². The third kappa shape index (κ3) is 2.87. The summed E-state index contributed by atoms with van der Waals surface area (Å²) in [7, 11) is 0. The van der Waals surface area contributed by atoms with Crippen LogP contribution in [0.15, 0.2) is 54.6 Å². The van der Waals surface area contributed by atoms with Gasteiger partial charge in [0.15, 0.2) is 0 Å². The highest BCUT2D eigenvalue weighted by molar-refractivity contribution is 5.85. The molecule has 1 aliphatic rings. The molecule has 4 rings (SSSR count). The van der Waals surface area contributed by atoms with E-state index in [0.29, 0.717) is 5.75 Å². The molecule has 1 aliphatic heterocycles. The number of phenols is 1. The molecule has 23 heavy (non-hydrogen) atoms. The zero-order valence-corrected chi connectivity index (χ0v) is 13.1. The van der Waals surface area contributed by atoms with Gasteiger partial charge in [0.05, 0.1) is 5.52 Å². The lowest BCUT2D eigenvalue weighted by Gasteiger charge is -2.27. The largest absolute Gasteiger partial charge is 0.508 e. The average molecular weight is 304 g/mol. The van der Waals surface area contributed by atoms with Crippen LogP contribution >= 0.6 is 0 Å². The van der Waals surface area contributed by atoms with Gasteiger partial charge in [0.2, 0.25) is 0 Å². The van der Waals surface area contributed by atoms with Gasteiger partial charge >= 0.3 is 0 Å². The Hall–Kier alpha value is -2.55. The molecule has 0 radical (unpaired) electrons. The van der Waals surface area contributed by atoms with E-state index in [1.807, 2.05) is 12.1 Å².